The fraction of sp³-hybridized carbons (Fsp3) is 0.552. The molecule has 36 heavy (non-hydrogen) atoms. The summed E-state index contributed by atoms with van der Waals surface area (Å²) in [5, 5.41) is 10.7. The standard InChI is InChI=1S/C29H41FN2O4/c1-3-5-7-17-35-27-19-23(20-28(29(27)34)36-18-8-6-4-2)21-31-13-15-32(16-14-31)22-26(33)24-9-11-25(30)12-10-24/h9-12,19-20,34H,3-8,13-18,21-22H2,1-2H3. The Balaban J connectivity index is 1.57. The van der Waals surface area contributed by atoms with Crippen LogP contribution in [-0.2, 0) is 6.54 Å². The lowest BCUT2D eigenvalue weighted by Crippen LogP contribution is -2.47. The predicted molar refractivity (Wildman–Crippen MR) is 141 cm³/mol. The van der Waals surface area contributed by atoms with Crippen molar-refractivity contribution in [3.05, 3.63) is 53.3 Å². The Hall–Kier alpha value is -2.64. The summed E-state index contributed by atoms with van der Waals surface area (Å²) in [7, 11) is 0. The van der Waals surface area contributed by atoms with E-state index in [1.807, 2.05) is 12.1 Å². The monoisotopic (exact) mass is 500 g/mol. The van der Waals surface area contributed by atoms with Gasteiger partial charge in [0, 0.05) is 38.3 Å². The summed E-state index contributed by atoms with van der Waals surface area (Å²) >= 11 is 0. The van der Waals surface area contributed by atoms with Crippen LogP contribution in [-0.4, -0.2) is 66.6 Å². The quantitative estimate of drug-likeness (QED) is 0.251. The molecule has 1 N–H and O–H groups in total. The molecule has 0 amide bonds. The summed E-state index contributed by atoms with van der Waals surface area (Å²) in [4.78, 5) is 17.0. The molecule has 0 atom stereocenters. The number of ether oxygens (including phenoxy) is 2. The molecule has 0 unspecified atom stereocenters. The number of carbonyl (C=O) groups is 1. The molecular formula is C29H41FN2O4. The Kier molecular flexibility index (Phi) is 11.5. The summed E-state index contributed by atoms with van der Waals surface area (Å²) < 4.78 is 25.0. The minimum absolute atomic E-state index is 0.0108. The van der Waals surface area contributed by atoms with E-state index in [1.165, 1.54) is 12.1 Å². The van der Waals surface area contributed by atoms with Gasteiger partial charge in [-0.1, -0.05) is 39.5 Å². The fourth-order valence-electron chi connectivity index (χ4n) is 4.31. The number of phenolic OH excluding ortho intramolecular Hbond substituents is 1. The Labute approximate surface area is 215 Å². The third-order valence-electron chi connectivity index (χ3n) is 6.52. The Morgan fingerprint density at radius 3 is 1.92 bits per heavy atom. The van der Waals surface area contributed by atoms with Crippen molar-refractivity contribution >= 4 is 5.78 Å². The number of halogens is 1. The number of aromatic hydroxyl groups is 1. The van der Waals surface area contributed by atoms with Crippen molar-refractivity contribution < 1.29 is 23.8 Å². The number of Topliss-reactive ketones (excluding diaryl/α,β-unsaturated/α-hetero) is 1. The number of benzene rings is 2. The first kappa shape index (κ1) is 27.9. The zero-order chi connectivity index (χ0) is 25.8. The van der Waals surface area contributed by atoms with Crippen LogP contribution in [0.15, 0.2) is 36.4 Å². The van der Waals surface area contributed by atoms with Crippen LogP contribution >= 0.6 is 0 Å². The molecule has 2 aromatic carbocycles. The van der Waals surface area contributed by atoms with Crippen LogP contribution in [0.3, 0.4) is 0 Å². The largest absolute Gasteiger partial charge is 0.502 e. The van der Waals surface area contributed by atoms with Gasteiger partial charge in [0.2, 0.25) is 5.75 Å². The van der Waals surface area contributed by atoms with Crippen molar-refractivity contribution in [2.24, 2.45) is 0 Å². The zero-order valence-electron chi connectivity index (χ0n) is 21.8. The van der Waals surface area contributed by atoms with Crippen LogP contribution < -0.4 is 9.47 Å². The summed E-state index contributed by atoms with van der Waals surface area (Å²) in [5.74, 6) is 0.723. The number of unbranched alkanes of at least 4 members (excludes halogenated alkanes) is 4. The molecule has 1 aliphatic rings. The Morgan fingerprint density at radius 1 is 0.861 bits per heavy atom. The highest BCUT2D eigenvalue weighted by Gasteiger charge is 2.21. The molecule has 6 nitrogen and oxygen atoms in total. The molecule has 3 rings (SSSR count). The van der Waals surface area contributed by atoms with E-state index in [0.29, 0.717) is 36.8 Å². The van der Waals surface area contributed by atoms with E-state index >= 15 is 0 Å². The fourth-order valence-corrected chi connectivity index (χ4v) is 4.31. The first-order chi connectivity index (χ1) is 17.5. The Bertz CT molecular complexity index is 910. The van der Waals surface area contributed by atoms with Crippen LogP contribution in [0.1, 0.15) is 68.3 Å². The second kappa shape index (κ2) is 14.8. The molecule has 2 aromatic rings. The molecule has 0 saturated carbocycles. The van der Waals surface area contributed by atoms with Crippen molar-refractivity contribution in [1.82, 2.24) is 9.80 Å². The average Bonchev–Trinajstić information content (AvgIpc) is 2.88. The highest BCUT2D eigenvalue weighted by molar-refractivity contribution is 5.97. The molecule has 198 valence electrons. The minimum atomic E-state index is -0.335. The van der Waals surface area contributed by atoms with Crippen molar-refractivity contribution in [2.75, 3.05) is 45.9 Å². The predicted octanol–water partition coefficient (Wildman–Crippen LogP) is 5.67. The van der Waals surface area contributed by atoms with Gasteiger partial charge in [-0.15, -0.1) is 0 Å². The number of carbonyl (C=O) groups excluding carboxylic acids is 1. The maximum absolute atomic E-state index is 13.1. The number of rotatable bonds is 15. The molecule has 0 aromatic heterocycles. The van der Waals surface area contributed by atoms with Gasteiger partial charge in [-0.05, 0) is 54.8 Å². The van der Waals surface area contributed by atoms with Crippen molar-refractivity contribution in [1.29, 1.82) is 0 Å². The van der Waals surface area contributed by atoms with Crippen LogP contribution in [0, 0.1) is 5.82 Å². The molecule has 0 aliphatic carbocycles. The Morgan fingerprint density at radius 2 is 1.39 bits per heavy atom. The van der Waals surface area contributed by atoms with Crippen LogP contribution in [0.5, 0.6) is 17.2 Å². The molecule has 0 spiro atoms. The molecule has 0 radical (unpaired) electrons. The lowest BCUT2D eigenvalue weighted by Gasteiger charge is -2.34. The normalized spacial score (nSPS) is 14.6. The number of hydrogen-bond donors (Lipinski definition) is 1. The first-order valence-electron chi connectivity index (χ1n) is 13.3. The van der Waals surface area contributed by atoms with E-state index in [9.17, 15) is 14.3 Å². The molecular weight excluding hydrogens is 459 g/mol. The second-order valence-electron chi connectivity index (χ2n) is 9.53. The first-order valence-corrected chi connectivity index (χ1v) is 13.3. The van der Waals surface area contributed by atoms with Gasteiger partial charge < -0.3 is 14.6 Å². The maximum atomic E-state index is 13.1. The van der Waals surface area contributed by atoms with Gasteiger partial charge in [0.15, 0.2) is 17.3 Å². The SMILES string of the molecule is CCCCCOc1cc(CN2CCN(CC(=O)c3ccc(F)cc3)CC2)cc(OCCCCC)c1O. The van der Waals surface area contributed by atoms with Gasteiger partial charge in [0.25, 0.3) is 0 Å². The van der Waals surface area contributed by atoms with E-state index in [1.54, 1.807) is 12.1 Å². The number of phenols is 1. The molecule has 1 saturated heterocycles. The van der Waals surface area contributed by atoms with E-state index in [4.69, 9.17) is 9.47 Å². The van der Waals surface area contributed by atoms with Crippen LogP contribution in [0.25, 0.3) is 0 Å². The minimum Gasteiger partial charge on any atom is -0.502 e. The highest BCUT2D eigenvalue weighted by atomic mass is 19.1. The topological polar surface area (TPSA) is 62.2 Å². The number of ketones is 1. The van der Waals surface area contributed by atoms with Crippen molar-refractivity contribution in [3.63, 3.8) is 0 Å². The smallest absolute Gasteiger partial charge is 0.200 e. The molecule has 1 heterocycles. The molecule has 0 bridgehead atoms. The van der Waals surface area contributed by atoms with Gasteiger partial charge in [-0.2, -0.15) is 0 Å². The lowest BCUT2D eigenvalue weighted by atomic mass is 10.1. The summed E-state index contributed by atoms with van der Waals surface area (Å²) in [6.45, 7) is 9.73. The van der Waals surface area contributed by atoms with Gasteiger partial charge in [-0.25, -0.2) is 4.39 Å². The number of hydrogen-bond acceptors (Lipinski definition) is 6. The third kappa shape index (κ3) is 8.79. The average molecular weight is 501 g/mol. The third-order valence-corrected chi connectivity index (χ3v) is 6.52. The van der Waals surface area contributed by atoms with E-state index in [2.05, 4.69) is 23.6 Å². The van der Waals surface area contributed by atoms with E-state index in [0.717, 1.165) is 76.8 Å². The van der Waals surface area contributed by atoms with Gasteiger partial charge in [-0.3, -0.25) is 14.6 Å². The van der Waals surface area contributed by atoms with Crippen LogP contribution in [0.4, 0.5) is 4.39 Å². The van der Waals surface area contributed by atoms with Gasteiger partial charge in [0.1, 0.15) is 5.82 Å². The summed E-state index contributed by atoms with van der Waals surface area (Å²) in [6, 6.07) is 9.58. The number of nitrogens with zero attached hydrogens (tertiary/aromatic N) is 2. The van der Waals surface area contributed by atoms with Crippen molar-refractivity contribution in [2.45, 2.75) is 58.9 Å². The molecule has 7 heteroatoms. The lowest BCUT2D eigenvalue weighted by molar-refractivity contribution is 0.0843. The van der Waals surface area contributed by atoms with Gasteiger partial charge in [0.05, 0.1) is 19.8 Å². The maximum Gasteiger partial charge on any atom is 0.200 e. The summed E-state index contributed by atoms with van der Waals surface area (Å²) in [6.07, 6.45) is 6.31. The molecule has 1 aliphatic heterocycles. The molecule has 1 fully saturated rings. The van der Waals surface area contributed by atoms with E-state index in [-0.39, 0.29) is 17.3 Å². The van der Waals surface area contributed by atoms with Crippen LogP contribution in [0.2, 0.25) is 0 Å². The summed E-state index contributed by atoms with van der Waals surface area (Å²) in [5.41, 5.74) is 1.58. The second-order valence-corrected chi connectivity index (χ2v) is 9.53. The highest BCUT2D eigenvalue weighted by Crippen LogP contribution is 2.38. The zero-order valence-corrected chi connectivity index (χ0v) is 21.8. The number of piperazine rings is 1. The van der Waals surface area contributed by atoms with Gasteiger partial charge >= 0.3 is 0 Å². The van der Waals surface area contributed by atoms with E-state index < -0.39 is 0 Å². The van der Waals surface area contributed by atoms with Crippen molar-refractivity contribution in [3.8, 4) is 17.2 Å².